The summed E-state index contributed by atoms with van der Waals surface area (Å²) >= 11 is 8.41. The second-order valence-electron chi connectivity index (χ2n) is 7.26. The molecule has 2 N–H and O–H groups in total. The molecule has 1 aliphatic rings. The van der Waals surface area contributed by atoms with Crippen LogP contribution in [0.15, 0.2) is 75.2 Å². The van der Waals surface area contributed by atoms with Crippen LogP contribution < -0.4 is 10.6 Å². The molecule has 1 aromatic carbocycles. The maximum Gasteiger partial charge on any atom is 0.268 e. The summed E-state index contributed by atoms with van der Waals surface area (Å²) in [6.07, 6.45) is 1.52. The van der Waals surface area contributed by atoms with Crippen LogP contribution in [-0.2, 0) is 16.1 Å². The van der Waals surface area contributed by atoms with Gasteiger partial charge in [-0.25, -0.2) is 0 Å². The van der Waals surface area contributed by atoms with Crippen molar-refractivity contribution in [3.05, 3.63) is 81.9 Å². The van der Waals surface area contributed by atoms with E-state index in [9.17, 15) is 9.59 Å². The second kappa shape index (κ2) is 12.0. The predicted molar refractivity (Wildman–Crippen MR) is 138 cm³/mol. The van der Waals surface area contributed by atoms with Crippen molar-refractivity contribution in [2.75, 3.05) is 26.3 Å². The molecule has 1 fully saturated rings. The number of ether oxygens (including phenoxy) is 1. The number of carbonyl (C=O) groups is 2. The van der Waals surface area contributed by atoms with Crippen LogP contribution in [0, 0.1) is 0 Å². The normalized spacial score (nSPS) is 14.0. The first-order valence-corrected chi connectivity index (χ1v) is 12.7. The Labute approximate surface area is 211 Å². The summed E-state index contributed by atoms with van der Waals surface area (Å²) < 4.78 is 11.9. The van der Waals surface area contributed by atoms with E-state index in [2.05, 4.69) is 15.5 Å². The summed E-state index contributed by atoms with van der Waals surface area (Å²) in [5.74, 6) is -0.359. The molecule has 4 rings (SSSR count). The fraction of sp³-hybridized carbons (Fsp3) is 0.208. The Bertz CT molecular complexity index is 1150. The van der Waals surface area contributed by atoms with Crippen LogP contribution in [0.5, 0.6) is 0 Å². The smallest absolute Gasteiger partial charge is 0.268 e. The molecule has 3 heterocycles. The van der Waals surface area contributed by atoms with Gasteiger partial charge in [0.2, 0.25) is 0 Å². The zero-order valence-corrected chi connectivity index (χ0v) is 20.6. The number of morpholine rings is 1. The molecular formula is C24H23N3O4S3. The largest absolute Gasteiger partial charge is 0.450 e. The number of nitrogens with one attached hydrogen (secondary N) is 2. The van der Waals surface area contributed by atoms with Crippen molar-refractivity contribution in [2.45, 2.75) is 11.6 Å². The van der Waals surface area contributed by atoms with Gasteiger partial charge < -0.3 is 24.7 Å². The zero-order valence-electron chi connectivity index (χ0n) is 18.2. The molecule has 0 unspecified atom stereocenters. The molecule has 0 spiro atoms. The van der Waals surface area contributed by atoms with Crippen molar-refractivity contribution in [3.8, 4) is 0 Å². The molecule has 0 atom stereocenters. The molecule has 2 amide bonds. The Hall–Kier alpha value is -2.92. The third kappa shape index (κ3) is 6.80. The number of thiophene rings is 1. The molecule has 1 aliphatic heterocycles. The van der Waals surface area contributed by atoms with Gasteiger partial charge in [-0.2, -0.15) is 0 Å². The number of hydrogen-bond donors (Lipinski definition) is 2. The Morgan fingerprint density at radius 3 is 2.62 bits per heavy atom. The molecule has 2 aromatic heterocycles. The van der Waals surface area contributed by atoms with Crippen molar-refractivity contribution in [2.24, 2.45) is 0 Å². The first-order chi connectivity index (χ1) is 16.6. The topological polar surface area (TPSA) is 83.8 Å². The summed E-state index contributed by atoms with van der Waals surface area (Å²) in [4.78, 5) is 28.7. The van der Waals surface area contributed by atoms with E-state index in [4.69, 9.17) is 21.4 Å². The molecule has 0 saturated carbocycles. The SMILES string of the molecule is O=C(NCc1cccs1)/C(=C/c1ccc(SC(=S)N2CCOCC2)o1)NC(=O)c1ccccc1. The fourth-order valence-corrected chi connectivity index (χ4v) is 4.96. The molecule has 1 saturated heterocycles. The number of amides is 2. The summed E-state index contributed by atoms with van der Waals surface area (Å²) in [7, 11) is 0. The Morgan fingerprint density at radius 2 is 1.88 bits per heavy atom. The van der Waals surface area contributed by atoms with Crippen LogP contribution in [0.4, 0.5) is 0 Å². The van der Waals surface area contributed by atoms with Gasteiger partial charge in [-0.15, -0.1) is 11.3 Å². The number of hydrogen-bond acceptors (Lipinski definition) is 7. The summed E-state index contributed by atoms with van der Waals surface area (Å²) in [6.45, 7) is 3.16. The number of carbonyl (C=O) groups excluding carboxylic acids is 2. The minimum Gasteiger partial charge on any atom is -0.450 e. The Balaban J connectivity index is 1.48. The Morgan fingerprint density at radius 1 is 1.09 bits per heavy atom. The van der Waals surface area contributed by atoms with Crippen LogP contribution in [0.25, 0.3) is 6.08 Å². The molecular weight excluding hydrogens is 490 g/mol. The van der Waals surface area contributed by atoms with Gasteiger partial charge >= 0.3 is 0 Å². The van der Waals surface area contributed by atoms with Crippen LogP contribution in [0.1, 0.15) is 21.0 Å². The number of rotatable bonds is 7. The quantitative estimate of drug-likeness (QED) is 0.279. The lowest BCUT2D eigenvalue weighted by atomic mass is 10.2. The molecule has 34 heavy (non-hydrogen) atoms. The van der Waals surface area contributed by atoms with Crippen molar-refractivity contribution in [1.29, 1.82) is 0 Å². The summed E-state index contributed by atoms with van der Waals surface area (Å²) in [5.41, 5.74) is 0.540. The van der Waals surface area contributed by atoms with Gasteiger partial charge in [0.05, 0.1) is 19.8 Å². The van der Waals surface area contributed by atoms with Crippen LogP contribution in [0.3, 0.4) is 0 Å². The number of thiocarbonyl (C=S) groups is 1. The van der Waals surface area contributed by atoms with Crippen LogP contribution in [0.2, 0.25) is 0 Å². The first kappa shape index (κ1) is 24.2. The molecule has 0 bridgehead atoms. The number of nitrogens with zero attached hydrogens (tertiary/aromatic N) is 1. The minimum absolute atomic E-state index is 0.0899. The van der Waals surface area contributed by atoms with Gasteiger partial charge in [0.1, 0.15) is 15.8 Å². The van der Waals surface area contributed by atoms with Crippen molar-refractivity contribution < 1.29 is 18.7 Å². The summed E-state index contributed by atoms with van der Waals surface area (Å²) in [6, 6.07) is 16.1. The number of thioether (sulfide) groups is 1. The van der Waals surface area contributed by atoms with Crippen LogP contribution >= 0.6 is 35.3 Å². The monoisotopic (exact) mass is 513 g/mol. The van der Waals surface area contributed by atoms with Crippen LogP contribution in [-0.4, -0.2) is 47.3 Å². The third-order valence-electron chi connectivity index (χ3n) is 4.88. The van der Waals surface area contributed by atoms with E-state index in [1.165, 1.54) is 17.8 Å². The average molecular weight is 514 g/mol. The van der Waals surface area contributed by atoms with E-state index in [-0.39, 0.29) is 11.6 Å². The van der Waals surface area contributed by atoms with Gasteiger partial charge in [0.25, 0.3) is 11.8 Å². The highest BCUT2D eigenvalue weighted by Gasteiger charge is 2.18. The van der Waals surface area contributed by atoms with Gasteiger partial charge in [-0.05, 0) is 47.5 Å². The lowest BCUT2D eigenvalue weighted by Crippen LogP contribution is -2.38. The molecule has 3 aromatic rings. The standard InChI is InChI=1S/C24H23N3O4S3/c28-22(17-5-2-1-3-6-17)26-20(23(29)25-16-19-7-4-14-33-19)15-18-8-9-21(31-18)34-24(32)27-10-12-30-13-11-27/h1-9,14-15H,10-13,16H2,(H,25,29)(H,26,28)/b20-15-. The molecule has 0 radical (unpaired) electrons. The maximum atomic E-state index is 12.9. The lowest BCUT2D eigenvalue weighted by Gasteiger charge is -2.28. The van der Waals surface area contributed by atoms with E-state index in [1.54, 1.807) is 47.7 Å². The first-order valence-electron chi connectivity index (χ1n) is 10.6. The molecule has 176 valence electrons. The van der Waals surface area contributed by atoms with E-state index in [0.29, 0.717) is 40.5 Å². The van der Waals surface area contributed by atoms with E-state index in [1.807, 2.05) is 23.6 Å². The van der Waals surface area contributed by atoms with E-state index < -0.39 is 5.91 Å². The second-order valence-corrected chi connectivity index (χ2v) is 9.93. The third-order valence-corrected chi connectivity index (χ3v) is 7.12. The molecule has 10 heteroatoms. The van der Waals surface area contributed by atoms with Gasteiger partial charge in [0, 0.05) is 29.6 Å². The highest BCUT2D eigenvalue weighted by atomic mass is 32.2. The van der Waals surface area contributed by atoms with Gasteiger partial charge in [-0.1, -0.05) is 36.5 Å². The maximum absolute atomic E-state index is 12.9. The highest BCUT2D eigenvalue weighted by Crippen LogP contribution is 2.25. The predicted octanol–water partition coefficient (Wildman–Crippen LogP) is 4.14. The van der Waals surface area contributed by atoms with E-state index in [0.717, 1.165) is 18.0 Å². The van der Waals surface area contributed by atoms with Gasteiger partial charge in [-0.3, -0.25) is 9.59 Å². The Kier molecular flexibility index (Phi) is 8.53. The highest BCUT2D eigenvalue weighted by molar-refractivity contribution is 8.22. The average Bonchev–Trinajstić information content (AvgIpc) is 3.55. The van der Waals surface area contributed by atoms with Crippen molar-refractivity contribution >= 4 is 57.5 Å². The zero-order chi connectivity index (χ0) is 23.8. The van der Waals surface area contributed by atoms with Crippen molar-refractivity contribution in [1.82, 2.24) is 15.5 Å². The minimum atomic E-state index is -0.410. The lowest BCUT2D eigenvalue weighted by molar-refractivity contribution is -0.117. The fourth-order valence-electron chi connectivity index (χ4n) is 3.12. The van der Waals surface area contributed by atoms with Crippen molar-refractivity contribution in [3.63, 3.8) is 0 Å². The molecule has 0 aliphatic carbocycles. The van der Waals surface area contributed by atoms with E-state index >= 15 is 0 Å². The number of benzene rings is 1. The van der Waals surface area contributed by atoms with Gasteiger partial charge in [0.15, 0.2) is 5.09 Å². The number of furan rings is 1. The molecule has 7 nitrogen and oxygen atoms in total. The summed E-state index contributed by atoms with van der Waals surface area (Å²) in [5, 5.41) is 8.11.